The van der Waals surface area contributed by atoms with Crippen molar-refractivity contribution in [2.75, 3.05) is 31.1 Å². The Labute approximate surface area is 170 Å². The second-order valence-corrected chi connectivity index (χ2v) is 6.94. The average molecular weight is 416 g/mol. The number of halogens is 3. The molecule has 0 bridgehead atoms. The molecular formula is C20H19F3N6O. The zero-order chi connectivity index (χ0) is 21.1. The van der Waals surface area contributed by atoms with Crippen LogP contribution in [0.1, 0.15) is 11.1 Å². The van der Waals surface area contributed by atoms with Gasteiger partial charge < -0.3 is 9.80 Å². The van der Waals surface area contributed by atoms with Crippen LogP contribution in [0.25, 0.3) is 5.82 Å². The molecule has 0 N–H and O–H groups in total. The molecule has 1 amide bonds. The fourth-order valence-electron chi connectivity index (χ4n) is 3.33. The van der Waals surface area contributed by atoms with Crippen molar-refractivity contribution in [1.29, 1.82) is 0 Å². The summed E-state index contributed by atoms with van der Waals surface area (Å²) < 4.78 is 39.8. The Balaban J connectivity index is 1.34. The van der Waals surface area contributed by atoms with Gasteiger partial charge in [0.25, 0.3) is 0 Å². The lowest BCUT2D eigenvalue weighted by Gasteiger charge is -2.35. The predicted octanol–water partition coefficient (Wildman–Crippen LogP) is 2.57. The van der Waals surface area contributed by atoms with Crippen molar-refractivity contribution in [1.82, 2.24) is 24.4 Å². The van der Waals surface area contributed by atoms with Crippen LogP contribution in [-0.4, -0.2) is 56.5 Å². The molecular weight excluding hydrogens is 397 g/mol. The third-order valence-corrected chi connectivity index (χ3v) is 5.00. The molecule has 4 rings (SSSR count). The van der Waals surface area contributed by atoms with Crippen molar-refractivity contribution in [2.24, 2.45) is 0 Å². The van der Waals surface area contributed by atoms with Crippen LogP contribution in [0.3, 0.4) is 0 Å². The van der Waals surface area contributed by atoms with Crippen LogP contribution in [-0.2, 0) is 17.4 Å². The lowest BCUT2D eigenvalue weighted by molar-refractivity contribution is -0.137. The number of amides is 1. The second kappa shape index (κ2) is 8.13. The molecule has 10 heteroatoms. The minimum absolute atomic E-state index is 0.0798. The first-order valence-corrected chi connectivity index (χ1v) is 9.39. The Bertz CT molecular complexity index is 996. The molecule has 3 heterocycles. The van der Waals surface area contributed by atoms with Gasteiger partial charge in [-0.25, -0.2) is 15.0 Å². The molecule has 1 aliphatic heterocycles. The fraction of sp³-hybridized carbons (Fsp3) is 0.300. The Morgan fingerprint density at radius 2 is 1.70 bits per heavy atom. The summed E-state index contributed by atoms with van der Waals surface area (Å²) in [6.45, 7) is 2.26. The molecule has 0 unspecified atom stereocenters. The summed E-state index contributed by atoms with van der Waals surface area (Å²) in [5.41, 5.74) is -0.150. The molecule has 1 aliphatic rings. The number of anilines is 1. The third kappa shape index (κ3) is 4.42. The summed E-state index contributed by atoms with van der Waals surface area (Å²) in [5.74, 6) is 1.37. The smallest absolute Gasteiger partial charge is 0.353 e. The lowest BCUT2D eigenvalue weighted by atomic mass is 10.1. The Hall–Kier alpha value is -3.43. The van der Waals surface area contributed by atoms with Crippen molar-refractivity contribution in [3.05, 3.63) is 66.5 Å². The maximum absolute atomic E-state index is 12.7. The third-order valence-electron chi connectivity index (χ3n) is 5.00. The van der Waals surface area contributed by atoms with Gasteiger partial charge in [-0.05, 0) is 17.7 Å². The van der Waals surface area contributed by atoms with Crippen LogP contribution in [0, 0.1) is 0 Å². The number of alkyl halides is 3. The molecule has 30 heavy (non-hydrogen) atoms. The molecule has 3 aromatic rings. The Morgan fingerprint density at radius 1 is 1.00 bits per heavy atom. The van der Waals surface area contributed by atoms with E-state index in [9.17, 15) is 18.0 Å². The highest BCUT2D eigenvalue weighted by atomic mass is 19.4. The number of rotatable bonds is 4. The summed E-state index contributed by atoms with van der Waals surface area (Å²) >= 11 is 0. The van der Waals surface area contributed by atoms with Crippen molar-refractivity contribution < 1.29 is 18.0 Å². The van der Waals surface area contributed by atoms with Crippen LogP contribution in [0.2, 0.25) is 0 Å². The van der Waals surface area contributed by atoms with Gasteiger partial charge in [-0.2, -0.15) is 13.2 Å². The molecule has 0 saturated carbocycles. The van der Waals surface area contributed by atoms with Crippen LogP contribution in [0.5, 0.6) is 0 Å². The fourth-order valence-corrected chi connectivity index (χ4v) is 3.33. The van der Waals surface area contributed by atoms with Crippen LogP contribution in [0.15, 0.2) is 55.4 Å². The normalized spacial score (nSPS) is 14.8. The summed E-state index contributed by atoms with van der Waals surface area (Å²) in [4.78, 5) is 28.9. The van der Waals surface area contributed by atoms with Crippen molar-refractivity contribution >= 4 is 11.7 Å². The molecule has 2 aromatic heterocycles. The standard InChI is InChI=1S/C20H19F3N6O/c21-20(22,23)16-3-1-15(2-4-16)11-19(30)28-9-7-27(8-10-28)17-12-18(26-13-25-17)29-6-5-24-14-29/h1-6,12-14H,7-11H2. The number of carbonyl (C=O) groups is 1. The molecule has 156 valence electrons. The molecule has 0 atom stereocenters. The van der Waals surface area contributed by atoms with Gasteiger partial charge in [-0.15, -0.1) is 0 Å². The largest absolute Gasteiger partial charge is 0.416 e. The number of carbonyl (C=O) groups excluding carboxylic acids is 1. The zero-order valence-corrected chi connectivity index (χ0v) is 16.0. The molecule has 0 radical (unpaired) electrons. The number of piperazine rings is 1. The van der Waals surface area contributed by atoms with E-state index in [1.165, 1.54) is 18.5 Å². The first-order chi connectivity index (χ1) is 14.4. The molecule has 0 spiro atoms. The molecule has 1 saturated heterocycles. The summed E-state index contributed by atoms with van der Waals surface area (Å²) in [7, 11) is 0. The quantitative estimate of drug-likeness (QED) is 0.654. The lowest BCUT2D eigenvalue weighted by Crippen LogP contribution is -2.49. The SMILES string of the molecule is O=C(Cc1ccc(C(F)(F)F)cc1)N1CCN(c2cc(-n3ccnc3)ncn2)CC1. The molecule has 7 nitrogen and oxygen atoms in total. The monoisotopic (exact) mass is 416 g/mol. The first-order valence-electron chi connectivity index (χ1n) is 9.39. The van der Waals surface area contributed by atoms with E-state index in [0.717, 1.165) is 18.0 Å². The van der Waals surface area contributed by atoms with Gasteiger partial charge in [0.15, 0.2) is 0 Å². The van der Waals surface area contributed by atoms with Crippen LogP contribution in [0.4, 0.5) is 19.0 Å². The van der Waals surface area contributed by atoms with Gasteiger partial charge in [0.1, 0.15) is 24.3 Å². The topological polar surface area (TPSA) is 67.2 Å². The van der Waals surface area contributed by atoms with Crippen LogP contribution >= 0.6 is 0 Å². The number of hydrogen-bond acceptors (Lipinski definition) is 5. The van der Waals surface area contributed by atoms with Crippen molar-refractivity contribution in [2.45, 2.75) is 12.6 Å². The highest BCUT2D eigenvalue weighted by Gasteiger charge is 2.30. The van der Waals surface area contributed by atoms with E-state index in [0.29, 0.717) is 37.6 Å². The van der Waals surface area contributed by atoms with E-state index in [4.69, 9.17) is 0 Å². The average Bonchev–Trinajstić information content (AvgIpc) is 3.29. The zero-order valence-electron chi connectivity index (χ0n) is 16.0. The summed E-state index contributed by atoms with van der Waals surface area (Å²) in [6, 6.07) is 6.59. The van der Waals surface area contributed by atoms with Gasteiger partial charge in [0.05, 0.1) is 12.0 Å². The molecule has 1 aromatic carbocycles. The van der Waals surface area contributed by atoms with E-state index < -0.39 is 11.7 Å². The van der Waals surface area contributed by atoms with E-state index in [1.807, 2.05) is 6.07 Å². The van der Waals surface area contributed by atoms with Gasteiger partial charge in [-0.3, -0.25) is 9.36 Å². The Kier molecular flexibility index (Phi) is 5.39. The summed E-state index contributed by atoms with van der Waals surface area (Å²) in [5, 5.41) is 0. The number of benzene rings is 1. The van der Waals surface area contributed by atoms with Crippen molar-refractivity contribution in [3.8, 4) is 5.82 Å². The minimum Gasteiger partial charge on any atom is -0.353 e. The number of nitrogens with zero attached hydrogens (tertiary/aromatic N) is 6. The van der Waals surface area contributed by atoms with Crippen LogP contribution < -0.4 is 4.90 Å². The van der Waals surface area contributed by atoms with E-state index >= 15 is 0 Å². The highest BCUT2D eigenvalue weighted by molar-refractivity contribution is 5.79. The highest BCUT2D eigenvalue weighted by Crippen LogP contribution is 2.29. The Morgan fingerprint density at radius 3 is 2.33 bits per heavy atom. The number of imidazole rings is 1. The second-order valence-electron chi connectivity index (χ2n) is 6.94. The van der Waals surface area contributed by atoms with E-state index in [2.05, 4.69) is 19.9 Å². The van der Waals surface area contributed by atoms with Crippen molar-refractivity contribution in [3.63, 3.8) is 0 Å². The van der Waals surface area contributed by atoms with E-state index in [1.54, 1.807) is 28.2 Å². The predicted molar refractivity (Wildman–Crippen MR) is 103 cm³/mol. The maximum Gasteiger partial charge on any atom is 0.416 e. The van der Waals surface area contributed by atoms with E-state index in [-0.39, 0.29) is 12.3 Å². The van der Waals surface area contributed by atoms with Gasteiger partial charge in [0.2, 0.25) is 5.91 Å². The molecule has 1 fully saturated rings. The first kappa shape index (κ1) is 19.9. The van der Waals surface area contributed by atoms with Gasteiger partial charge >= 0.3 is 6.18 Å². The molecule has 0 aliphatic carbocycles. The van der Waals surface area contributed by atoms with Gasteiger partial charge in [0, 0.05) is 44.6 Å². The van der Waals surface area contributed by atoms with Gasteiger partial charge in [-0.1, -0.05) is 12.1 Å². The minimum atomic E-state index is -4.38. The number of hydrogen-bond donors (Lipinski definition) is 0. The summed E-state index contributed by atoms with van der Waals surface area (Å²) in [6.07, 6.45) is 2.32. The number of aromatic nitrogens is 4. The maximum atomic E-state index is 12.7.